The third-order valence-corrected chi connectivity index (χ3v) is 5.49. The minimum absolute atomic E-state index is 0.250. The Labute approximate surface area is 194 Å². The molecule has 1 atom stereocenters. The largest absolute Gasteiger partial charge is 0.497 e. The van der Waals surface area contributed by atoms with Crippen molar-refractivity contribution in [2.24, 2.45) is 16.6 Å². The molecule has 5 heteroatoms. The van der Waals surface area contributed by atoms with Crippen LogP contribution in [0.3, 0.4) is 0 Å². The first-order chi connectivity index (χ1) is 15.5. The third-order valence-electron chi connectivity index (χ3n) is 5.49. The van der Waals surface area contributed by atoms with E-state index in [2.05, 4.69) is 30.3 Å². The molecule has 2 aromatic carbocycles. The van der Waals surface area contributed by atoms with Crippen LogP contribution in [0.5, 0.6) is 5.75 Å². The maximum absolute atomic E-state index is 7.57. The molecule has 5 nitrogen and oxygen atoms in total. The molecule has 1 saturated carbocycles. The van der Waals surface area contributed by atoms with Crippen LogP contribution < -0.4 is 10.5 Å². The SMILES string of the molecule is CC.CCO.COc1cccc(-c2cccc(C(/N=C(\C)N)(OC)C3CCCCC3)c2)c1. The molecule has 32 heavy (non-hydrogen) atoms. The summed E-state index contributed by atoms with van der Waals surface area (Å²) in [6.45, 7) is 7.77. The first kappa shape index (κ1) is 27.7. The predicted molar refractivity (Wildman–Crippen MR) is 135 cm³/mol. The van der Waals surface area contributed by atoms with E-state index in [4.69, 9.17) is 25.3 Å². The van der Waals surface area contributed by atoms with Crippen molar-refractivity contribution in [2.45, 2.75) is 65.5 Å². The maximum Gasteiger partial charge on any atom is 0.189 e. The van der Waals surface area contributed by atoms with Gasteiger partial charge in [-0.25, -0.2) is 4.99 Å². The number of methoxy groups -OCH3 is 2. The topological polar surface area (TPSA) is 77.1 Å². The quantitative estimate of drug-likeness (QED) is 0.416. The van der Waals surface area contributed by atoms with E-state index in [1.807, 2.05) is 39.0 Å². The van der Waals surface area contributed by atoms with Crippen LogP contribution >= 0.6 is 0 Å². The Hall–Kier alpha value is -2.37. The van der Waals surface area contributed by atoms with Gasteiger partial charge in [0.1, 0.15) is 5.75 Å². The van der Waals surface area contributed by atoms with Crippen molar-refractivity contribution >= 4 is 5.84 Å². The van der Waals surface area contributed by atoms with Crippen LogP contribution in [0.15, 0.2) is 53.5 Å². The van der Waals surface area contributed by atoms with Crippen LogP contribution in [0, 0.1) is 5.92 Å². The lowest BCUT2D eigenvalue weighted by molar-refractivity contribution is -0.0691. The van der Waals surface area contributed by atoms with Crippen LogP contribution in [-0.4, -0.2) is 31.8 Å². The van der Waals surface area contributed by atoms with Crippen LogP contribution in [0.2, 0.25) is 0 Å². The van der Waals surface area contributed by atoms with Gasteiger partial charge in [0, 0.05) is 25.2 Å². The molecule has 0 aromatic heterocycles. The van der Waals surface area contributed by atoms with Crippen molar-refractivity contribution in [3.8, 4) is 16.9 Å². The van der Waals surface area contributed by atoms with E-state index >= 15 is 0 Å². The number of aliphatic imine (C=N–C) groups is 1. The second-order valence-electron chi connectivity index (χ2n) is 7.62. The fourth-order valence-electron chi connectivity index (χ4n) is 4.20. The van der Waals surface area contributed by atoms with Crippen molar-refractivity contribution in [3.63, 3.8) is 0 Å². The summed E-state index contributed by atoms with van der Waals surface area (Å²) in [6.07, 6.45) is 5.92. The molecule has 1 aliphatic carbocycles. The molecule has 3 rings (SSSR count). The number of nitrogens with two attached hydrogens (primary N) is 1. The molecule has 0 spiro atoms. The van der Waals surface area contributed by atoms with Gasteiger partial charge in [-0.05, 0) is 56.0 Å². The molecule has 0 amide bonds. The Morgan fingerprint density at radius 2 is 1.59 bits per heavy atom. The minimum atomic E-state index is -0.728. The molecule has 0 bridgehead atoms. The molecule has 1 fully saturated rings. The lowest BCUT2D eigenvalue weighted by atomic mass is 9.78. The second-order valence-corrected chi connectivity index (χ2v) is 7.62. The van der Waals surface area contributed by atoms with Crippen molar-refractivity contribution < 1.29 is 14.6 Å². The fraction of sp³-hybridized carbons (Fsp3) is 0.519. The normalized spacial score (nSPS) is 16.0. The van der Waals surface area contributed by atoms with Gasteiger partial charge in [-0.2, -0.15) is 0 Å². The smallest absolute Gasteiger partial charge is 0.189 e. The summed E-state index contributed by atoms with van der Waals surface area (Å²) in [4.78, 5) is 4.84. The third kappa shape index (κ3) is 7.35. The second kappa shape index (κ2) is 14.6. The molecule has 0 heterocycles. The summed E-state index contributed by atoms with van der Waals surface area (Å²) in [5.41, 5.74) is 8.60. The molecule has 1 aliphatic rings. The standard InChI is InChI=1S/C23H30N2O2.C2H6O.C2H6/c1-17(24)25-23(27-3,20-11-5-4-6-12-20)21-13-7-9-18(15-21)19-10-8-14-22(16-19)26-2;1-2-3;1-2/h7-10,13-16,20H,4-6,11-12H2,1-3H3,(H2,24,25);3H,2H2,1H3;1-2H3. The number of hydrogen-bond donors (Lipinski definition) is 2. The van der Waals surface area contributed by atoms with Crippen molar-refractivity contribution in [2.75, 3.05) is 20.8 Å². The van der Waals surface area contributed by atoms with E-state index in [1.165, 1.54) is 19.3 Å². The summed E-state index contributed by atoms with van der Waals surface area (Å²) >= 11 is 0. The average molecular weight is 443 g/mol. The minimum Gasteiger partial charge on any atom is -0.497 e. The number of rotatable bonds is 6. The highest BCUT2D eigenvalue weighted by atomic mass is 16.5. The van der Waals surface area contributed by atoms with Gasteiger partial charge >= 0.3 is 0 Å². The zero-order valence-electron chi connectivity index (χ0n) is 20.7. The monoisotopic (exact) mass is 442 g/mol. The number of nitrogens with zero attached hydrogens (tertiary/aromatic N) is 1. The van der Waals surface area contributed by atoms with E-state index in [1.54, 1.807) is 21.1 Å². The fourth-order valence-corrected chi connectivity index (χ4v) is 4.20. The van der Waals surface area contributed by atoms with Gasteiger partial charge in [-0.15, -0.1) is 0 Å². The highest BCUT2D eigenvalue weighted by Gasteiger charge is 2.41. The van der Waals surface area contributed by atoms with Gasteiger partial charge in [0.05, 0.1) is 12.9 Å². The van der Waals surface area contributed by atoms with Crippen LogP contribution in [0.25, 0.3) is 11.1 Å². The number of aliphatic hydroxyl groups is 1. The number of amidine groups is 1. The summed E-state index contributed by atoms with van der Waals surface area (Å²) in [5.74, 6) is 1.73. The molecular weight excluding hydrogens is 400 g/mol. The first-order valence-corrected chi connectivity index (χ1v) is 11.7. The van der Waals surface area contributed by atoms with Gasteiger partial charge in [0.2, 0.25) is 0 Å². The van der Waals surface area contributed by atoms with Crippen molar-refractivity contribution in [1.29, 1.82) is 0 Å². The lowest BCUT2D eigenvalue weighted by Crippen LogP contribution is -2.38. The van der Waals surface area contributed by atoms with E-state index in [0.717, 1.165) is 35.3 Å². The van der Waals surface area contributed by atoms with Crippen molar-refractivity contribution in [3.05, 3.63) is 54.1 Å². The van der Waals surface area contributed by atoms with E-state index in [9.17, 15) is 0 Å². The predicted octanol–water partition coefficient (Wildman–Crippen LogP) is 6.14. The van der Waals surface area contributed by atoms with Crippen molar-refractivity contribution in [1.82, 2.24) is 0 Å². The molecule has 0 radical (unpaired) electrons. The van der Waals surface area contributed by atoms with Crippen LogP contribution in [-0.2, 0) is 10.5 Å². The van der Waals surface area contributed by atoms with Gasteiger partial charge in [-0.3, -0.25) is 0 Å². The van der Waals surface area contributed by atoms with E-state index in [-0.39, 0.29) is 6.61 Å². The Bertz CT molecular complexity index is 812. The highest BCUT2D eigenvalue weighted by Crippen LogP contribution is 2.44. The number of hydrogen-bond acceptors (Lipinski definition) is 4. The van der Waals surface area contributed by atoms with Gasteiger partial charge in [0.15, 0.2) is 5.72 Å². The van der Waals surface area contributed by atoms with E-state index < -0.39 is 5.72 Å². The summed E-state index contributed by atoms with van der Waals surface area (Å²) in [6, 6.07) is 16.6. The van der Waals surface area contributed by atoms with Gasteiger partial charge < -0.3 is 20.3 Å². The Morgan fingerprint density at radius 3 is 2.12 bits per heavy atom. The maximum atomic E-state index is 7.57. The Morgan fingerprint density at radius 1 is 1.03 bits per heavy atom. The molecule has 3 N–H and O–H groups in total. The van der Waals surface area contributed by atoms with Crippen LogP contribution in [0.1, 0.15) is 65.4 Å². The number of aliphatic hydroxyl groups excluding tert-OH is 1. The number of benzene rings is 2. The summed E-state index contributed by atoms with van der Waals surface area (Å²) in [5, 5.41) is 7.57. The molecule has 1 unspecified atom stereocenters. The average Bonchev–Trinajstić information content (AvgIpc) is 2.85. The van der Waals surface area contributed by atoms with Gasteiger partial charge in [-0.1, -0.05) is 63.4 Å². The van der Waals surface area contributed by atoms with Crippen LogP contribution in [0.4, 0.5) is 0 Å². The molecule has 0 aliphatic heterocycles. The molecule has 0 saturated heterocycles. The van der Waals surface area contributed by atoms with Gasteiger partial charge in [0.25, 0.3) is 0 Å². The highest BCUT2D eigenvalue weighted by molar-refractivity contribution is 5.78. The summed E-state index contributed by atoms with van der Waals surface area (Å²) in [7, 11) is 3.44. The zero-order chi connectivity index (χ0) is 24.0. The molecular formula is C27H42N2O3. The summed E-state index contributed by atoms with van der Waals surface area (Å²) < 4.78 is 11.5. The Kier molecular flexibility index (Phi) is 12.7. The first-order valence-electron chi connectivity index (χ1n) is 11.7. The zero-order valence-corrected chi connectivity index (χ0v) is 20.7. The molecule has 2 aromatic rings. The number of ether oxygens (including phenoxy) is 2. The Balaban J connectivity index is 0.000000944. The lowest BCUT2D eigenvalue weighted by Gasteiger charge is -2.39. The molecule has 178 valence electrons. The van der Waals surface area contributed by atoms with E-state index in [0.29, 0.717) is 11.8 Å².